The summed E-state index contributed by atoms with van der Waals surface area (Å²) in [5, 5.41) is 6.83. The smallest absolute Gasteiger partial charge is 0.399 e. The van der Waals surface area contributed by atoms with Crippen LogP contribution in [0.3, 0.4) is 0 Å². The lowest BCUT2D eigenvalue weighted by atomic mass is 9.84. The van der Waals surface area contributed by atoms with Gasteiger partial charge in [0.25, 0.3) is 0 Å². The van der Waals surface area contributed by atoms with E-state index in [1.807, 2.05) is 31.3 Å². The van der Waals surface area contributed by atoms with Gasteiger partial charge >= 0.3 is 6.09 Å². The maximum absolute atomic E-state index is 12.2. The number of hydrogen-bond donors (Lipinski definition) is 2. The van der Waals surface area contributed by atoms with E-state index in [9.17, 15) is 4.79 Å². The monoisotopic (exact) mass is 357 g/mol. The molecular weight excluding hydrogens is 334 g/mol. The first kappa shape index (κ1) is 16.4. The predicted octanol–water partition coefficient (Wildman–Crippen LogP) is 3.64. The Morgan fingerprint density at radius 1 is 1.24 bits per heavy atom. The van der Waals surface area contributed by atoms with Gasteiger partial charge in [-0.25, -0.2) is 4.79 Å². The number of fused-ring (bicyclic) bond motifs is 3. The van der Waals surface area contributed by atoms with Crippen molar-refractivity contribution in [1.82, 2.24) is 10.2 Å². The van der Waals surface area contributed by atoms with E-state index in [1.54, 1.807) is 0 Å². The molecule has 4 heterocycles. The number of carbonyl (C=O) groups is 1. The molecule has 0 spiro atoms. The van der Waals surface area contributed by atoms with Crippen molar-refractivity contribution in [1.29, 1.82) is 0 Å². The van der Waals surface area contributed by atoms with Gasteiger partial charge in [-0.2, -0.15) is 0 Å². The minimum atomic E-state index is -0.337. The number of rotatable bonds is 4. The lowest BCUT2D eigenvalue weighted by Crippen LogP contribution is -2.57. The average Bonchev–Trinajstić information content (AvgIpc) is 3.11. The number of anilines is 1. The molecule has 1 atom stereocenters. The number of nitrogens with one attached hydrogen (secondary N) is 2. The van der Waals surface area contributed by atoms with Gasteiger partial charge in [-0.05, 0) is 61.7 Å². The van der Waals surface area contributed by atoms with Gasteiger partial charge < -0.3 is 20.3 Å². The summed E-state index contributed by atoms with van der Waals surface area (Å²) >= 11 is 1.49. The van der Waals surface area contributed by atoms with E-state index in [4.69, 9.17) is 4.74 Å². The van der Waals surface area contributed by atoms with E-state index in [0.29, 0.717) is 11.0 Å². The van der Waals surface area contributed by atoms with Crippen LogP contribution in [0.4, 0.5) is 10.5 Å². The van der Waals surface area contributed by atoms with Gasteiger partial charge in [0.15, 0.2) is 5.06 Å². The molecule has 1 amide bonds. The maximum Gasteiger partial charge on any atom is 0.413 e. The van der Waals surface area contributed by atoms with E-state index in [2.05, 4.69) is 27.7 Å². The average molecular weight is 357 g/mol. The van der Waals surface area contributed by atoms with Crippen LogP contribution in [0.2, 0.25) is 0 Å². The highest BCUT2D eigenvalue weighted by Crippen LogP contribution is 2.34. The molecule has 1 aromatic heterocycles. The van der Waals surface area contributed by atoms with Crippen LogP contribution < -0.4 is 15.4 Å². The van der Waals surface area contributed by atoms with Gasteiger partial charge in [0.05, 0.1) is 0 Å². The first-order chi connectivity index (χ1) is 12.2. The second-order valence-corrected chi connectivity index (χ2v) is 7.77. The third kappa shape index (κ3) is 3.65. The summed E-state index contributed by atoms with van der Waals surface area (Å²) in [5.74, 6) is 0.598. The molecule has 5 nitrogen and oxygen atoms in total. The van der Waals surface area contributed by atoms with Gasteiger partial charge in [0, 0.05) is 30.2 Å². The van der Waals surface area contributed by atoms with Gasteiger partial charge in [0.2, 0.25) is 0 Å². The van der Waals surface area contributed by atoms with Crippen LogP contribution in [0.5, 0.6) is 5.06 Å². The standard InChI is InChI=1S/C19H23N3O2S/c1-20-15-4-2-3-14(11-15)17-5-6-18(25-17)24-19(23)21-16-12-22-9-7-13(16)8-10-22/h2-6,11,13,16,20H,7-10,12H2,1H3,(H,21,23). The van der Waals surface area contributed by atoms with Crippen molar-refractivity contribution in [3.8, 4) is 15.5 Å². The van der Waals surface area contributed by atoms with Crippen molar-refractivity contribution in [2.45, 2.75) is 18.9 Å². The molecule has 1 unspecified atom stereocenters. The van der Waals surface area contributed by atoms with Crippen LogP contribution in [0.1, 0.15) is 12.8 Å². The molecule has 3 aliphatic rings. The van der Waals surface area contributed by atoms with E-state index in [1.165, 1.54) is 24.2 Å². The minimum Gasteiger partial charge on any atom is -0.399 e. The van der Waals surface area contributed by atoms with Crippen LogP contribution in [-0.4, -0.2) is 43.7 Å². The highest BCUT2D eigenvalue weighted by Gasteiger charge is 2.35. The summed E-state index contributed by atoms with van der Waals surface area (Å²) in [6.45, 7) is 3.28. The number of thiophene rings is 1. The second kappa shape index (κ2) is 7.06. The summed E-state index contributed by atoms with van der Waals surface area (Å²) in [5.41, 5.74) is 2.18. The maximum atomic E-state index is 12.2. The van der Waals surface area contributed by atoms with Crippen molar-refractivity contribution in [2.75, 3.05) is 32.0 Å². The van der Waals surface area contributed by atoms with Crippen molar-refractivity contribution < 1.29 is 9.53 Å². The summed E-state index contributed by atoms with van der Waals surface area (Å²) in [6, 6.07) is 12.3. The summed E-state index contributed by atoms with van der Waals surface area (Å²) in [4.78, 5) is 15.8. The highest BCUT2D eigenvalue weighted by molar-refractivity contribution is 7.17. The Bertz CT molecular complexity index is 753. The van der Waals surface area contributed by atoms with Crippen molar-refractivity contribution >= 4 is 23.1 Å². The molecule has 0 aliphatic carbocycles. The normalized spacial score (nSPS) is 24.8. The molecule has 5 rings (SSSR count). The fraction of sp³-hybridized carbons (Fsp3) is 0.421. The molecule has 3 saturated heterocycles. The Balaban J connectivity index is 1.38. The fourth-order valence-electron chi connectivity index (χ4n) is 3.76. The van der Waals surface area contributed by atoms with Crippen molar-refractivity contribution in [2.24, 2.45) is 5.92 Å². The highest BCUT2D eigenvalue weighted by atomic mass is 32.1. The molecule has 25 heavy (non-hydrogen) atoms. The van der Waals surface area contributed by atoms with Gasteiger partial charge in [-0.15, -0.1) is 0 Å². The molecule has 1 aromatic carbocycles. The van der Waals surface area contributed by atoms with Gasteiger partial charge in [0.1, 0.15) is 0 Å². The molecule has 132 valence electrons. The van der Waals surface area contributed by atoms with Crippen molar-refractivity contribution in [3.63, 3.8) is 0 Å². The second-order valence-electron chi connectivity index (χ2n) is 6.73. The third-order valence-corrected chi connectivity index (χ3v) is 6.18. The van der Waals surface area contributed by atoms with Crippen LogP contribution >= 0.6 is 11.3 Å². The Hall–Kier alpha value is -2.05. The zero-order valence-electron chi connectivity index (χ0n) is 14.3. The number of carbonyl (C=O) groups excluding carboxylic acids is 1. The van der Waals surface area contributed by atoms with E-state index >= 15 is 0 Å². The molecule has 0 radical (unpaired) electrons. The number of benzene rings is 1. The first-order valence-electron chi connectivity index (χ1n) is 8.80. The van der Waals surface area contributed by atoms with E-state index < -0.39 is 0 Å². The van der Waals surface area contributed by atoms with Crippen LogP contribution in [-0.2, 0) is 0 Å². The number of nitrogens with zero attached hydrogens (tertiary/aromatic N) is 1. The van der Waals surface area contributed by atoms with Gasteiger partial charge in [-0.3, -0.25) is 0 Å². The quantitative estimate of drug-likeness (QED) is 0.877. The van der Waals surface area contributed by atoms with Crippen LogP contribution in [0.15, 0.2) is 36.4 Å². The number of amides is 1. The predicted molar refractivity (Wildman–Crippen MR) is 101 cm³/mol. The van der Waals surface area contributed by atoms with Gasteiger partial charge in [-0.1, -0.05) is 23.5 Å². The largest absolute Gasteiger partial charge is 0.413 e. The SMILES string of the molecule is CNc1cccc(-c2ccc(OC(=O)NC3CN4CCC3CC4)s2)c1. The summed E-state index contributed by atoms with van der Waals surface area (Å²) in [7, 11) is 1.90. The molecule has 2 bridgehead atoms. The first-order valence-corrected chi connectivity index (χ1v) is 9.61. The fourth-order valence-corrected chi connectivity index (χ4v) is 4.61. The third-order valence-electron chi connectivity index (χ3n) is 5.17. The molecular formula is C19H23N3O2S. The molecule has 3 fully saturated rings. The summed E-state index contributed by atoms with van der Waals surface area (Å²) < 4.78 is 5.52. The Kier molecular flexibility index (Phi) is 4.63. The van der Waals surface area contributed by atoms with Crippen LogP contribution in [0, 0.1) is 5.92 Å². The number of hydrogen-bond acceptors (Lipinski definition) is 5. The zero-order chi connectivity index (χ0) is 17.2. The lowest BCUT2D eigenvalue weighted by Gasteiger charge is -2.44. The molecule has 3 aliphatic heterocycles. The Labute approximate surface area is 152 Å². The number of ether oxygens (including phenoxy) is 1. The molecule has 0 saturated carbocycles. The zero-order valence-corrected chi connectivity index (χ0v) is 15.1. The topological polar surface area (TPSA) is 53.6 Å². The lowest BCUT2D eigenvalue weighted by molar-refractivity contribution is 0.0726. The van der Waals surface area contributed by atoms with Crippen LogP contribution in [0.25, 0.3) is 10.4 Å². The number of piperidine rings is 3. The Morgan fingerprint density at radius 2 is 2.08 bits per heavy atom. The summed E-state index contributed by atoms with van der Waals surface area (Å²) in [6.07, 6.45) is 2.02. The molecule has 6 heteroatoms. The Morgan fingerprint density at radius 3 is 2.80 bits per heavy atom. The minimum absolute atomic E-state index is 0.224. The van der Waals surface area contributed by atoms with E-state index in [-0.39, 0.29) is 12.1 Å². The molecule has 2 aromatic rings. The van der Waals surface area contributed by atoms with E-state index in [0.717, 1.165) is 35.8 Å². The van der Waals surface area contributed by atoms with Crippen molar-refractivity contribution in [3.05, 3.63) is 36.4 Å². The molecule has 2 N–H and O–H groups in total.